The summed E-state index contributed by atoms with van der Waals surface area (Å²) in [6, 6.07) is 21.8. The molecule has 9 heteroatoms. The summed E-state index contributed by atoms with van der Waals surface area (Å²) < 4.78 is 12.5. The lowest BCUT2D eigenvalue weighted by Crippen LogP contribution is -2.28. The quantitative estimate of drug-likeness (QED) is 0.200. The van der Waals surface area contributed by atoms with Crippen LogP contribution in [0.5, 0.6) is 5.75 Å². The zero-order chi connectivity index (χ0) is 29.4. The molecule has 3 heterocycles. The van der Waals surface area contributed by atoms with E-state index in [2.05, 4.69) is 37.0 Å². The largest absolute Gasteiger partial charge is 0.487 e. The Morgan fingerprint density at radius 3 is 2.44 bits per heavy atom. The maximum absolute atomic E-state index is 14.1. The Kier molecular flexibility index (Phi) is 8.55. The Morgan fingerprint density at radius 1 is 1.00 bits per heavy atom. The lowest BCUT2D eigenvalue weighted by atomic mass is 9.96. The van der Waals surface area contributed by atoms with E-state index in [-0.39, 0.29) is 28.1 Å². The highest BCUT2D eigenvalue weighted by Crippen LogP contribution is 2.36. The molecule has 0 fully saturated rings. The highest BCUT2D eigenvalue weighted by Gasteiger charge is 2.30. The second-order valence-corrected chi connectivity index (χ2v) is 11.5. The minimum absolute atomic E-state index is 0. The number of H-pyrrole nitrogens is 1. The smallest absolute Gasteiger partial charge is 0.439 e. The van der Waals surface area contributed by atoms with Crippen LogP contribution in [0.2, 0.25) is 0 Å². The van der Waals surface area contributed by atoms with Crippen LogP contribution in [0.1, 0.15) is 61.8 Å². The van der Waals surface area contributed by atoms with E-state index >= 15 is 0 Å². The molecule has 0 amide bonds. The first-order chi connectivity index (χ1) is 20.2. The van der Waals surface area contributed by atoms with Crippen LogP contribution in [-0.2, 0) is 19.3 Å². The van der Waals surface area contributed by atoms with Gasteiger partial charge in [-0.15, -0.1) is 17.0 Å². The number of aromatic nitrogens is 4. The number of nitrogens with one attached hydrogen (secondary N) is 1. The van der Waals surface area contributed by atoms with Gasteiger partial charge in [0.25, 0.3) is 5.56 Å². The van der Waals surface area contributed by atoms with Gasteiger partial charge in [-0.3, -0.25) is 18.9 Å². The van der Waals surface area contributed by atoms with Crippen LogP contribution in [-0.4, -0.2) is 25.3 Å². The molecule has 5 aromatic rings. The van der Waals surface area contributed by atoms with E-state index in [0.29, 0.717) is 18.1 Å². The van der Waals surface area contributed by atoms with Crippen LogP contribution in [0, 0.1) is 6.92 Å². The number of ether oxygens (including phenoxy) is 1. The molecule has 0 atom stereocenters. The molecule has 8 nitrogen and oxygen atoms in total. The molecule has 3 aromatic carbocycles. The van der Waals surface area contributed by atoms with Gasteiger partial charge in [0.05, 0.1) is 11.4 Å². The van der Waals surface area contributed by atoms with Gasteiger partial charge in [-0.25, -0.2) is 9.78 Å². The Balaban J connectivity index is 0.00000368. The van der Waals surface area contributed by atoms with E-state index in [1.54, 1.807) is 4.57 Å². The number of unbranched alkanes of at least 4 members (excludes halogenated alkanes) is 1. The molecule has 0 saturated carbocycles. The molecule has 2 aromatic heterocycles. The number of rotatable bonds is 8. The lowest BCUT2D eigenvalue weighted by molar-refractivity contribution is 0.138. The van der Waals surface area contributed by atoms with Crippen molar-refractivity contribution < 1.29 is 9.26 Å². The van der Waals surface area contributed by atoms with Gasteiger partial charge in [0.1, 0.15) is 17.2 Å². The molecule has 0 bridgehead atoms. The normalized spacial score (nSPS) is 13.3. The van der Waals surface area contributed by atoms with Crippen molar-refractivity contribution in [2.45, 2.75) is 65.4 Å². The van der Waals surface area contributed by atoms with Crippen molar-refractivity contribution in [3.8, 4) is 34.0 Å². The highest BCUT2D eigenvalue weighted by molar-refractivity contribution is 8.93. The zero-order valence-corrected chi connectivity index (χ0v) is 26.5. The van der Waals surface area contributed by atoms with E-state index in [0.717, 1.165) is 76.2 Å². The second kappa shape index (κ2) is 12.2. The predicted molar refractivity (Wildman–Crippen MR) is 173 cm³/mol. The van der Waals surface area contributed by atoms with Gasteiger partial charge in [0.2, 0.25) is 0 Å². The summed E-state index contributed by atoms with van der Waals surface area (Å²) in [6.45, 7) is 8.20. The average molecular weight is 644 g/mol. The van der Waals surface area contributed by atoms with Crippen molar-refractivity contribution >= 4 is 17.0 Å². The molecular weight excluding hydrogens is 608 g/mol. The molecule has 0 unspecified atom stereocenters. The van der Waals surface area contributed by atoms with Gasteiger partial charge in [0.15, 0.2) is 5.82 Å². The molecule has 6 rings (SSSR count). The molecule has 0 spiro atoms. The van der Waals surface area contributed by atoms with Crippen molar-refractivity contribution in [2.24, 2.45) is 0 Å². The number of benzene rings is 3. The number of fused-ring (bicyclic) bond motifs is 1. The first-order valence-electron chi connectivity index (χ1n) is 14.4. The number of aromatic amines is 1. The number of aryl methyl sites for hydroxylation is 2. The maximum Gasteiger partial charge on any atom is 0.439 e. The number of hydrogen-bond donors (Lipinski definition) is 1. The molecule has 222 valence electrons. The minimum Gasteiger partial charge on any atom is -0.487 e. The van der Waals surface area contributed by atoms with Crippen molar-refractivity contribution in [2.75, 3.05) is 0 Å². The van der Waals surface area contributed by atoms with Crippen LogP contribution in [0.4, 0.5) is 0 Å². The Hall–Kier alpha value is -4.24. The maximum atomic E-state index is 14.1. The third-order valence-corrected chi connectivity index (χ3v) is 7.77. The van der Waals surface area contributed by atoms with Gasteiger partial charge in [-0.05, 0) is 68.5 Å². The molecule has 1 aliphatic heterocycles. The van der Waals surface area contributed by atoms with E-state index in [1.807, 2.05) is 67.6 Å². The van der Waals surface area contributed by atoms with Crippen LogP contribution < -0.4 is 16.1 Å². The lowest BCUT2D eigenvalue weighted by Gasteiger charge is -2.17. The minimum atomic E-state index is -0.594. The van der Waals surface area contributed by atoms with Crippen molar-refractivity contribution in [3.63, 3.8) is 0 Å². The average Bonchev–Trinajstić information content (AvgIpc) is 3.54. The number of halogens is 1. The van der Waals surface area contributed by atoms with Gasteiger partial charge in [-0.1, -0.05) is 67.0 Å². The first kappa shape index (κ1) is 30.2. The fourth-order valence-electron chi connectivity index (χ4n) is 5.78. The molecule has 0 aliphatic carbocycles. The molecule has 1 aliphatic rings. The fraction of sp³-hybridized carbons (Fsp3) is 0.294. The second-order valence-electron chi connectivity index (χ2n) is 11.5. The Bertz CT molecular complexity index is 1890. The van der Waals surface area contributed by atoms with Gasteiger partial charge in [0, 0.05) is 29.5 Å². The van der Waals surface area contributed by atoms with Crippen LogP contribution in [0.25, 0.3) is 28.2 Å². The predicted octanol–water partition coefficient (Wildman–Crippen LogP) is 6.78. The summed E-state index contributed by atoms with van der Waals surface area (Å²) in [5.41, 5.74) is 6.88. The first-order valence-corrected chi connectivity index (χ1v) is 14.4. The number of nitrogens with zero attached hydrogens (tertiary/aromatic N) is 3. The van der Waals surface area contributed by atoms with Crippen LogP contribution >= 0.6 is 17.0 Å². The SMILES string of the molecule is Br.CCCCc1nc(C)n(-c2ccc3c(c2)CC(C)(C)O3)c(=O)c1Cc1ccc(-c2ccccc2-c2noc(=O)[nH]2)cc1. The summed E-state index contributed by atoms with van der Waals surface area (Å²) in [5.74, 6) is 1.35. The van der Waals surface area contributed by atoms with E-state index in [1.165, 1.54) is 0 Å². The third-order valence-electron chi connectivity index (χ3n) is 7.77. The van der Waals surface area contributed by atoms with Gasteiger partial charge < -0.3 is 4.74 Å². The Morgan fingerprint density at radius 2 is 1.74 bits per heavy atom. The zero-order valence-electron chi connectivity index (χ0n) is 24.8. The van der Waals surface area contributed by atoms with Crippen LogP contribution in [0.3, 0.4) is 0 Å². The summed E-state index contributed by atoms with van der Waals surface area (Å²) in [6.07, 6.45) is 4.02. The molecule has 1 N–H and O–H groups in total. The van der Waals surface area contributed by atoms with E-state index in [4.69, 9.17) is 14.2 Å². The Labute approximate surface area is 260 Å². The highest BCUT2D eigenvalue weighted by atomic mass is 79.9. The van der Waals surface area contributed by atoms with E-state index in [9.17, 15) is 9.59 Å². The van der Waals surface area contributed by atoms with Gasteiger partial charge in [-0.2, -0.15) is 0 Å². The molecular formula is C34H35BrN4O4. The number of hydrogen-bond acceptors (Lipinski definition) is 6. The van der Waals surface area contributed by atoms with Crippen LogP contribution in [0.15, 0.2) is 80.8 Å². The summed E-state index contributed by atoms with van der Waals surface area (Å²) >= 11 is 0. The standard InChI is InChI=1S/C34H34N4O4.BrH/c1-5-6-11-29-28(32(39)38(21(2)35-29)25-16-17-30-24(19-25)20-34(3,4)41-30)18-22-12-14-23(15-13-22)26-9-7-8-10-27(26)31-36-33(40)42-37-31;/h7-10,12-17,19H,5-6,11,18,20H2,1-4H3,(H,36,37,40);1H. The summed E-state index contributed by atoms with van der Waals surface area (Å²) in [7, 11) is 0. The van der Waals surface area contributed by atoms with Crippen molar-refractivity contribution in [1.29, 1.82) is 0 Å². The van der Waals surface area contributed by atoms with Crippen molar-refractivity contribution in [3.05, 3.63) is 116 Å². The topological polar surface area (TPSA) is 103 Å². The molecule has 0 saturated heterocycles. The summed E-state index contributed by atoms with van der Waals surface area (Å²) in [4.78, 5) is 33.3. The summed E-state index contributed by atoms with van der Waals surface area (Å²) in [5, 5.41) is 3.86. The molecule has 0 radical (unpaired) electrons. The monoisotopic (exact) mass is 642 g/mol. The van der Waals surface area contributed by atoms with Gasteiger partial charge >= 0.3 is 5.76 Å². The third kappa shape index (κ3) is 6.13. The fourth-order valence-corrected chi connectivity index (χ4v) is 5.78. The van der Waals surface area contributed by atoms with E-state index < -0.39 is 5.76 Å². The molecule has 43 heavy (non-hydrogen) atoms. The van der Waals surface area contributed by atoms with Crippen molar-refractivity contribution in [1.82, 2.24) is 19.7 Å².